The smallest absolute Gasteiger partial charge is 0.336 e. The Morgan fingerprint density at radius 1 is 0.774 bits per heavy atom. The summed E-state index contributed by atoms with van der Waals surface area (Å²) in [6.45, 7) is 5.48. The van der Waals surface area contributed by atoms with E-state index in [0.29, 0.717) is 0 Å². The van der Waals surface area contributed by atoms with Gasteiger partial charge in [0.1, 0.15) is 12.7 Å². The molecule has 1 heterocycles. The van der Waals surface area contributed by atoms with Crippen LogP contribution in [0, 0.1) is 0 Å². The molecule has 0 amide bonds. The van der Waals surface area contributed by atoms with Crippen LogP contribution < -0.4 is 0 Å². The molecule has 0 unspecified atom stereocenters. The third-order valence-electron chi connectivity index (χ3n) is 3.83. The minimum absolute atomic E-state index is 0.0513. The van der Waals surface area contributed by atoms with Gasteiger partial charge in [0.05, 0.1) is 18.9 Å². The molecule has 174 valence electrons. The van der Waals surface area contributed by atoms with Crippen molar-refractivity contribution in [3.05, 3.63) is 11.8 Å². The molecule has 1 aliphatic heterocycles. The molecule has 0 aliphatic carbocycles. The molecule has 1 aliphatic rings. The summed E-state index contributed by atoms with van der Waals surface area (Å²) in [5.74, 6) is -3.62. The second-order valence-corrected chi connectivity index (χ2v) is 6.50. The highest BCUT2D eigenvalue weighted by molar-refractivity contribution is 5.87. The third kappa shape index (κ3) is 8.24. The van der Waals surface area contributed by atoms with E-state index in [1.54, 1.807) is 0 Å². The lowest BCUT2D eigenvalue weighted by Crippen LogP contribution is -2.62. The highest BCUT2D eigenvalue weighted by Crippen LogP contribution is 2.30. The number of carbonyl (C=O) groups is 5. The molecular formula is C19H26O12. The summed E-state index contributed by atoms with van der Waals surface area (Å²) >= 11 is 0. The molecule has 5 atom stereocenters. The SMILES string of the molecule is COC(=O)/C(C)=C/O[C@H]1O[C@H](COC(C)=O)[C@H](OC(C)=O)[C@H](OC(C)=O)[C@H]1OC(C)=O. The minimum Gasteiger partial charge on any atom is -0.468 e. The summed E-state index contributed by atoms with van der Waals surface area (Å²) < 4.78 is 36.3. The van der Waals surface area contributed by atoms with Crippen molar-refractivity contribution in [1.82, 2.24) is 0 Å². The summed E-state index contributed by atoms with van der Waals surface area (Å²) in [6.07, 6.45) is -5.61. The maximum Gasteiger partial charge on any atom is 0.336 e. The molecule has 0 aromatic heterocycles. The van der Waals surface area contributed by atoms with Gasteiger partial charge in [-0.25, -0.2) is 4.79 Å². The van der Waals surface area contributed by atoms with E-state index >= 15 is 0 Å². The van der Waals surface area contributed by atoms with Gasteiger partial charge in [-0.05, 0) is 6.92 Å². The Balaban J connectivity index is 3.35. The Labute approximate surface area is 178 Å². The standard InChI is InChI=1S/C19H26O12/c1-9(18(24)25-6)7-27-19-17(30-13(5)23)16(29-12(4)22)15(28-11(3)21)14(31-19)8-26-10(2)20/h7,14-17,19H,8H2,1-6H3/b9-7+/t14-,15+,16+,17-,19+/m1/s1. The van der Waals surface area contributed by atoms with Gasteiger partial charge in [0.15, 0.2) is 12.2 Å². The third-order valence-corrected chi connectivity index (χ3v) is 3.83. The summed E-state index contributed by atoms with van der Waals surface area (Å²) in [5.41, 5.74) is 0.0513. The van der Waals surface area contributed by atoms with Gasteiger partial charge in [0, 0.05) is 27.7 Å². The monoisotopic (exact) mass is 446 g/mol. The molecule has 1 fully saturated rings. The Kier molecular flexibility index (Phi) is 9.93. The zero-order valence-electron chi connectivity index (χ0n) is 18.1. The fraction of sp³-hybridized carbons (Fsp3) is 0.632. The zero-order chi connectivity index (χ0) is 23.7. The van der Waals surface area contributed by atoms with E-state index in [2.05, 4.69) is 4.74 Å². The average Bonchev–Trinajstić information content (AvgIpc) is 2.66. The highest BCUT2D eigenvalue weighted by atomic mass is 16.7. The van der Waals surface area contributed by atoms with Gasteiger partial charge in [-0.1, -0.05) is 0 Å². The molecule has 0 radical (unpaired) electrons. The number of carbonyl (C=O) groups excluding carboxylic acids is 5. The molecule has 0 spiro atoms. The van der Waals surface area contributed by atoms with Crippen LogP contribution in [0.1, 0.15) is 34.6 Å². The van der Waals surface area contributed by atoms with Gasteiger partial charge >= 0.3 is 29.8 Å². The molecular weight excluding hydrogens is 420 g/mol. The van der Waals surface area contributed by atoms with E-state index < -0.39 is 67.2 Å². The normalized spacial score (nSPS) is 25.6. The molecule has 0 N–H and O–H groups in total. The quantitative estimate of drug-likeness (QED) is 0.216. The van der Waals surface area contributed by atoms with E-state index in [1.165, 1.54) is 14.0 Å². The maximum atomic E-state index is 11.7. The topological polar surface area (TPSA) is 150 Å². The van der Waals surface area contributed by atoms with Crippen LogP contribution in [-0.4, -0.2) is 74.3 Å². The number of esters is 5. The van der Waals surface area contributed by atoms with Crippen LogP contribution in [0.5, 0.6) is 0 Å². The zero-order valence-corrected chi connectivity index (χ0v) is 18.1. The highest BCUT2D eigenvalue weighted by Gasteiger charge is 2.53. The van der Waals surface area contributed by atoms with Crippen molar-refractivity contribution in [2.24, 2.45) is 0 Å². The molecule has 0 aromatic rings. The lowest BCUT2D eigenvalue weighted by Gasteiger charge is -2.43. The van der Waals surface area contributed by atoms with Crippen molar-refractivity contribution in [3.63, 3.8) is 0 Å². The summed E-state index contributed by atoms with van der Waals surface area (Å²) in [7, 11) is 1.17. The molecule has 0 saturated carbocycles. The van der Waals surface area contributed by atoms with Crippen molar-refractivity contribution in [2.75, 3.05) is 13.7 Å². The molecule has 31 heavy (non-hydrogen) atoms. The fourth-order valence-electron chi connectivity index (χ4n) is 2.68. The first-order valence-electron chi connectivity index (χ1n) is 9.17. The van der Waals surface area contributed by atoms with Crippen LogP contribution >= 0.6 is 0 Å². The lowest BCUT2D eigenvalue weighted by molar-refractivity contribution is -0.297. The van der Waals surface area contributed by atoms with Crippen molar-refractivity contribution in [3.8, 4) is 0 Å². The fourth-order valence-corrected chi connectivity index (χ4v) is 2.68. The number of methoxy groups -OCH3 is 1. The largest absolute Gasteiger partial charge is 0.468 e. The van der Waals surface area contributed by atoms with Gasteiger partial charge in [-0.15, -0.1) is 0 Å². The summed E-state index contributed by atoms with van der Waals surface area (Å²) in [6, 6.07) is 0. The van der Waals surface area contributed by atoms with Gasteiger partial charge < -0.3 is 33.2 Å². The summed E-state index contributed by atoms with van der Waals surface area (Å²) in [4.78, 5) is 57.9. The van der Waals surface area contributed by atoms with Gasteiger partial charge in [0.25, 0.3) is 0 Å². The van der Waals surface area contributed by atoms with E-state index in [4.69, 9.17) is 28.4 Å². The molecule has 0 bridgehead atoms. The number of ether oxygens (including phenoxy) is 7. The summed E-state index contributed by atoms with van der Waals surface area (Å²) in [5, 5.41) is 0. The first kappa shape index (κ1) is 25.9. The van der Waals surface area contributed by atoms with Crippen LogP contribution in [0.2, 0.25) is 0 Å². The van der Waals surface area contributed by atoms with Crippen LogP contribution in [-0.2, 0) is 57.1 Å². The minimum atomic E-state index is -1.42. The van der Waals surface area contributed by atoms with E-state index in [-0.39, 0.29) is 5.57 Å². The first-order valence-corrected chi connectivity index (χ1v) is 9.17. The van der Waals surface area contributed by atoms with Crippen molar-refractivity contribution in [1.29, 1.82) is 0 Å². The lowest BCUT2D eigenvalue weighted by atomic mass is 9.98. The Morgan fingerprint density at radius 3 is 1.77 bits per heavy atom. The van der Waals surface area contributed by atoms with E-state index in [0.717, 1.165) is 34.0 Å². The second kappa shape index (κ2) is 11.9. The van der Waals surface area contributed by atoms with E-state index in [1.807, 2.05) is 0 Å². The second-order valence-electron chi connectivity index (χ2n) is 6.50. The van der Waals surface area contributed by atoms with Gasteiger partial charge in [-0.2, -0.15) is 0 Å². The average molecular weight is 446 g/mol. The van der Waals surface area contributed by atoms with Crippen LogP contribution in [0.15, 0.2) is 11.8 Å². The molecule has 12 nitrogen and oxygen atoms in total. The van der Waals surface area contributed by atoms with Crippen LogP contribution in [0.3, 0.4) is 0 Å². The van der Waals surface area contributed by atoms with Crippen LogP contribution in [0.25, 0.3) is 0 Å². The molecule has 0 aromatic carbocycles. The van der Waals surface area contributed by atoms with Gasteiger partial charge in [0.2, 0.25) is 12.4 Å². The Bertz CT molecular complexity index is 727. The maximum absolute atomic E-state index is 11.7. The number of rotatable bonds is 8. The van der Waals surface area contributed by atoms with E-state index in [9.17, 15) is 24.0 Å². The molecule has 1 rings (SSSR count). The van der Waals surface area contributed by atoms with Gasteiger partial charge in [-0.3, -0.25) is 19.2 Å². The first-order chi connectivity index (χ1) is 14.5. The predicted octanol–water partition coefficient (Wildman–Crippen LogP) is 0.163. The number of hydrogen-bond donors (Lipinski definition) is 0. The van der Waals surface area contributed by atoms with Crippen molar-refractivity contribution >= 4 is 29.8 Å². The molecule has 1 saturated heterocycles. The Morgan fingerprint density at radius 2 is 1.29 bits per heavy atom. The predicted molar refractivity (Wildman–Crippen MR) is 98.8 cm³/mol. The van der Waals surface area contributed by atoms with Crippen LogP contribution in [0.4, 0.5) is 0 Å². The number of hydrogen-bond acceptors (Lipinski definition) is 12. The molecule has 12 heteroatoms. The van der Waals surface area contributed by atoms with Crippen molar-refractivity contribution < 1.29 is 57.1 Å². The Hall–Kier alpha value is -3.15. The van der Waals surface area contributed by atoms with Crippen molar-refractivity contribution in [2.45, 2.75) is 65.3 Å².